The quantitative estimate of drug-likeness (QED) is 0.684. The van der Waals surface area contributed by atoms with Crippen LogP contribution in [0.5, 0.6) is 0 Å². The lowest BCUT2D eigenvalue weighted by atomic mass is 9.98. The van der Waals surface area contributed by atoms with Gasteiger partial charge in [0, 0.05) is 13.2 Å². The maximum absolute atomic E-state index is 8.95. The first-order valence-electron chi connectivity index (χ1n) is 5.21. The molecule has 0 radical (unpaired) electrons. The molecule has 0 aromatic heterocycles. The molecule has 1 aliphatic heterocycles. The van der Waals surface area contributed by atoms with Crippen LogP contribution in [-0.2, 0) is 0 Å². The monoisotopic (exact) mass is 169 g/mol. The van der Waals surface area contributed by atoms with Crippen molar-refractivity contribution in [1.29, 1.82) is 0 Å². The van der Waals surface area contributed by atoms with E-state index >= 15 is 0 Å². The van der Waals surface area contributed by atoms with Crippen LogP contribution in [0.4, 0.5) is 0 Å². The van der Waals surface area contributed by atoms with Gasteiger partial charge in [-0.25, -0.2) is 0 Å². The molecule has 0 unspecified atom stereocenters. The lowest BCUT2D eigenvalue weighted by Gasteiger charge is -2.30. The van der Waals surface area contributed by atoms with Gasteiger partial charge in [-0.15, -0.1) is 0 Å². The van der Waals surface area contributed by atoms with Gasteiger partial charge in [-0.05, 0) is 50.6 Å². The third-order valence-electron chi connectivity index (χ3n) is 3.18. The Labute approximate surface area is 74.6 Å². The van der Waals surface area contributed by atoms with E-state index in [1.54, 1.807) is 0 Å². The Morgan fingerprint density at radius 1 is 1.00 bits per heavy atom. The number of aliphatic hydroxyl groups is 1. The van der Waals surface area contributed by atoms with Crippen molar-refractivity contribution in [2.24, 2.45) is 11.8 Å². The average molecular weight is 169 g/mol. The minimum Gasteiger partial charge on any atom is -0.396 e. The molecule has 0 bridgehead atoms. The molecule has 1 N–H and O–H groups in total. The fraction of sp³-hybridized carbons (Fsp3) is 1.00. The van der Waals surface area contributed by atoms with Crippen LogP contribution in [0.1, 0.15) is 25.7 Å². The van der Waals surface area contributed by atoms with E-state index in [4.69, 9.17) is 5.11 Å². The second-order valence-electron chi connectivity index (χ2n) is 4.37. The highest BCUT2D eigenvalue weighted by molar-refractivity contribution is 4.80. The molecule has 2 aliphatic rings. The van der Waals surface area contributed by atoms with Gasteiger partial charge in [0.2, 0.25) is 0 Å². The Balaban J connectivity index is 1.66. The van der Waals surface area contributed by atoms with Gasteiger partial charge in [-0.3, -0.25) is 0 Å². The Morgan fingerprint density at radius 3 is 2.17 bits per heavy atom. The third-order valence-corrected chi connectivity index (χ3v) is 3.18. The van der Waals surface area contributed by atoms with Crippen LogP contribution in [-0.4, -0.2) is 36.2 Å². The standard InChI is InChI=1S/C10H19NO/c12-8-10-3-5-11(6-4-10)7-9-1-2-9/h9-10,12H,1-8H2. The molecule has 70 valence electrons. The minimum absolute atomic E-state index is 0.400. The highest BCUT2D eigenvalue weighted by atomic mass is 16.3. The summed E-state index contributed by atoms with van der Waals surface area (Å²) < 4.78 is 0. The predicted octanol–water partition coefficient (Wildman–Crippen LogP) is 1.10. The second kappa shape index (κ2) is 3.75. The first kappa shape index (κ1) is 8.52. The summed E-state index contributed by atoms with van der Waals surface area (Å²) in [5.41, 5.74) is 0. The summed E-state index contributed by atoms with van der Waals surface area (Å²) in [7, 11) is 0. The highest BCUT2D eigenvalue weighted by Gasteiger charge is 2.26. The van der Waals surface area contributed by atoms with Crippen LogP contribution >= 0.6 is 0 Å². The molecule has 2 rings (SSSR count). The highest BCUT2D eigenvalue weighted by Crippen LogP contribution is 2.30. The predicted molar refractivity (Wildman–Crippen MR) is 49.0 cm³/mol. The Hall–Kier alpha value is -0.0800. The summed E-state index contributed by atoms with van der Waals surface area (Å²) in [6, 6.07) is 0. The summed E-state index contributed by atoms with van der Waals surface area (Å²) in [5, 5.41) is 8.95. The van der Waals surface area contributed by atoms with Crippen molar-refractivity contribution in [3.63, 3.8) is 0 Å². The maximum atomic E-state index is 8.95. The van der Waals surface area contributed by atoms with Gasteiger partial charge in [-0.2, -0.15) is 0 Å². The SMILES string of the molecule is OCC1CCN(CC2CC2)CC1. The lowest BCUT2D eigenvalue weighted by Crippen LogP contribution is -2.36. The zero-order valence-electron chi connectivity index (χ0n) is 7.71. The molecule has 2 heteroatoms. The summed E-state index contributed by atoms with van der Waals surface area (Å²) >= 11 is 0. The molecule has 1 saturated carbocycles. The number of nitrogens with zero attached hydrogens (tertiary/aromatic N) is 1. The molecule has 12 heavy (non-hydrogen) atoms. The van der Waals surface area contributed by atoms with Crippen molar-refractivity contribution in [2.45, 2.75) is 25.7 Å². The molecular weight excluding hydrogens is 150 g/mol. The first-order valence-corrected chi connectivity index (χ1v) is 5.21. The van der Waals surface area contributed by atoms with Gasteiger partial charge in [0.15, 0.2) is 0 Å². The zero-order chi connectivity index (χ0) is 8.39. The van der Waals surface area contributed by atoms with Gasteiger partial charge in [0.1, 0.15) is 0 Å². The number of rotatable bonds is 3. The Morgan fingerprint density at radius 2 is 1.67 bits per heavy atom. The molecule has 0 aromatic rings. The summed E-state index contributed by atoms with van der Waals surface area (Å²) in [6.07, 6.45) is 5.34. The molecule has 0 atom stereocenters. The van der Waals surface area contributed by atoms with Crippen LogP contribution in [0.3, 0.4) is 0 Å². The van der Waals surface area contributed by atoms with Crippen molar-refractivity contribution in [1.82, 2.24) is 4.90 Å². The van der Waals surface area contributed by atoms with E-state index in [1.165, 1.54) is 45.3 Å². The van der Waals surface area contributed by atoms with Crippen LogP contribution in [0.2, 0.25) is 0 Å². The average Bonchev–Trinajstić information content (AvgIpc) is 2.90. The van der Waals surface area contributed by atoms with Gasteiger partial charge in [-0.1, -0.05) is 0 Å². The summed E-state index contributed by atoms with van der Waals surface area (Å²) in [5.74, 6) is 1.62. The van der Waals surface area contributed by atoms with Crippen molar-refractivity contribution < 1.29 is 5.11 Å². The van der Waals surface area contributed by atoms with E-state index in [-0.39, 0.29) is 0 Å². The molecule has 1 heterocycles. The van der Waals surface area contributed by atoms with Crippen molar-refractivity contribution in [3.8, 4) is 0 Å². The van der Waals surface area contributed by atoms with Gasteiger partial charge >= 0.3 is 0 Å². The molecule has 1 aliphatic carbocycles. The normalized spacial score (nSPS) is 27.8. The smallest absolute Gasteiger partial charge is 0.0460 e. The number of hydrogen-bond donors (Lipinski definition) is 1. The van der Waals surface area contributed by atoms with Gasteiger partial charge in [0.05, 0.1) is 0 Å². The number of hydrogen-bond acceptors (Lipinski definition) is 2. The van der Waals surface area contributed by atoms with E-state index in [0.29, 0.717) is 12.5 Å². The molecule has 2 nitrogen and oxygen atoms in total. The van der Waals surface area contributed by atoms with Crippen LogP contribution in [0, 0.1) is 11.8 Å². The minimum atomic E-state index is 0.400. The molecule has 0 amide bonds. The summed E-state index contributed by atoms with van der Waals surface area (Å²) in [4.78, 5) is 2.57. The third kappa shape index (κ3) is 2.20. The van der Waals surface area contributed by atoms with Crippen molar-refractivity contribution in [3.05, 3.63) is 0 Å². The van der Waals surface area contributed by atoms with Crippen molar-refractivity contribution >= 4 is 0 Å². The first-order chi connectivity index (χ1) is 5.88. The zero-order valence-corrected chi connectivity index (χ0v) is 7.71. The Bertz CT molecular complexity index is 137. The summed E-state index contributed by atoms with van der Waals surface area (Å²) in [6.45, 7) is 4.18. The van der Waals surface area contributed by atoms with Crippen LogP contribution in [0.15, 0.2) is 0 Å². The van der Waals surface area contributed by atoms with Gasteiger partial charge in [0.25, 0.3) is 0 Å². The second-order valence-corrected chi connectivity index (χ2v) is 4.37. The molecule has 0 spiro atoms. The Kier molecular flexibility index (Phi) is 2.66. The maximum Gasteiger partial charge on any atom is 0.0460 e. The van der Waals surface area contributed by atoms with Crippen LogP contribution in [0.25, 0.3) is 0 Å². The molecule has 2 fully saturated rings. The molecule has 0 aromatic carbocycles. The van der Waals surface area contributed by atoms with Gasteiger partial charge < -0.3 is 10.0 Å². The fourth-order valence-electron chi connectivity index (χ4n) is 2.02. The molecular formula is C10H19NO. The largest absolute Gasteiger partial charge is 0.396 e. The van der Waals surface area contributed by atoms with E-state index in [0.717, 1.165) is 5.92 Å². The van der Waals surface area contributed by atoms with E-state index in [2.05, 4.69) is 4.90 Å². The van der Waals surface area contributed by atoms with E-state index < -0.39 is 0 Å². The van der Waals surface area contributed by atoms with E-state index in [9.17, 15) is 0 Å². The number of likely N-dealkylation sites (tertiary alicyclic amines) is 1. The topological polar surface area (TPSA) is 23.5 Å². The fourth-order valence-corrected chi connectivity index (χ4v) is 2.02. The molecule has 1 saturated heterocycles. The lowest BCUT2D eigenvalue weighted by molar-refractivity contribution is 0.128. The van der Waals surface area contributed by atoms with E-state index in [1.807, 2.05) is 0 Å². The van der Waals surface area contributed by atoms with Crippen molar-refractivity contribution in [2.75, 3.05) is 26.2 Å². The number of piperidine rings is 1. The number of aliphatic hydroxyl groups excluding tert-OH is 1. The van der Waals surface area contributed by atoms with Crippen LogP contribution < -0.4 is 0 Å².